The first kappa shape index (κ1) is 16.7. The topological polar surface area (TPSA) is 77.8 Å². The molecule has 17 heavy (non-hydrogen) atoms. The molecule has 0 aliphatic carbocycles. The smallest absolute Gasteiger partial charge is 0.335 e. The molecule has 0 aliphatic heterocycles. The fourth-order valence-corrected chi connectivity index (χ4v) is 3.82. The molecule has 0 aromatic rings. The lowest BCUT2D eigenvalue weighted by molar-refractivity contribution is 0.315. The standard InChI is InChI=1S/C12H25O4P/c1-5-8-9-11(10(4)13)12(6-2,7-3)17(14,15)16/h13H,5-9H2,1-4H3,(H2,14,15,16). The third-order valence-electron chi connectivity index (χ3n) is 3.51. The molecule has 0 aromatic heterocycles. The van der Waals surface area contributed by atoms with Crippen molar-refractivity contribution in [1.29, 1.82) is 0 Å². The van der Waals surface area contributed by atoms with Gasteiger partial charge in [0.2, 0.25) is 0 Å². The van der Waals surface area contributed by atoms with E-state index in [1.54, 1.807) is 13.8 Å². The van der Waals surface area contributed by atoms with Crippen LogP contribution in [0, 0.1) is 0 Å². The van der Waals surface area contributed by atoms with Crippen molar-refractivity contribution in [3.63, 3.8) is 0 Å². The predicted octanol–water partition coefficient (Wildman–Crippen LogP) is 3.75. The zero-order chi connectivity index (χ0) is 13.7. The summed E-state index contributed by atoms with van der Waals surface area (Å²) >= 11 is 0. The van der Waals surface area contributed by atoms with E-state index in [1.165, 1.54) is 6.92 Å². The van der Waals surface area contributed by atoms with Crippen molar-refractivity contribution < 1.29 is 19.5 Å². The van der Waals surface area contributed by atoms with E-state index in [2.05, 4.69) is 0 Å². The SMILES string of the molecule is CCCCC(=C(C)O)C(CC)(CC)P(=O)(O)O. The van der Waals surface area contributed by atoms with Crippen LogP contribution >= 0.6 is 7.60 Å². The van der Waals surface area contributed by atoms with Crippen molar-refractivity contribution in [3.05, 3.63) is 11.3 Å². The Morgan fingerprint density at radius 2 is 1.65 bits per heavy atom. The molecule has 0 aliphatic rings. The van der Waals surface area contributed by atoms with E-state index in [0.29, 0.717) is 24.8 Å². The van der Waals surface area contributed by atoms with E-state index < -0.39 is 12.8 Å². The van der Waals surface area contributed by atoms with Gasteiger partial charge >= 0.3 is 7.60 Å². The summed E-state index contributed by atoms with van der Waals surface area (Å²) < 4.78 is 11.8. The molecule has 0 atom stereocenters. The van der Waals surface area contributed by atoms with Crippen LogP contribution in [0.15, 0.2) is 11.3 Å². The molecule has 3 N–H and O–H groups in total. The van der Waals surface area contributed by atoms with Gasteiger partial charge in [-0.15, -0.1) is 0 Å². The maximum atomic E-state index is 11.8. The van der Waals surface area contributed by atoms with Gasteiger partial charge < -0.3 is 14.9 Å². The van der Waals surface area contributed by atoms with Gasteiger partial charge in [-0.1, -0.05) is 27.2 Å². The van der Waals surface area contributed by atoms with Crippen molar-refractivity contribution in [2.75, 3.05) is 0 Å². The van der Waals surface area contributed by atoms with Gasteiger partial charge in [-0.3, -0.25) is 4.57 Å². The van der Waals surface area contributed by atoms with E-state index in [4.69, 9.17) is 0 Å². The van der Waals surface area contributed by atoms with Crippen molar-refractivity contribution in [3.8, 4) is 0 Å². The van der Waals surface area contributed by atoms with Crippen LogP contribution in [-0.2, 0) is 4.57 Å². The lowest BCUT2D eigenvalue weighted by atomic mass is 9.88. The molecule has 0 fully saturated rings. The summed E-state index contributed by atoms with van der Waals surface area (Å²) in [5, 5.41) is 8.54. The van der Waals surface area contributed by atoms with Crippen LogP contribution in [0.25, 0.3) is 0 Å². The molecule has 5 heteroatoms. The third kappa shape index (κ3) is 3.57. The molecular weight excluding hydrogens is 239 g/mol. The van der Waals surface area contributed by atoms with Gasteiger partial charge in [0.05, 0.1) is 10.9 Å². The highest BCUT2D eigenvalue weighted by atomic mass is 31.2. The fourth-order valence-electron chi connectivity index (χ4n) is 2.37. The Bertz CT molecular complexity index is 308. The van der Waals surface area contributed by atoms with Crippen molar-refractivity contribution >= 4 is 7.60 Å². The molecule has 0 bridgehead atoms. The average Bonchev–Trinajstić information content (AvgIpc) is 2.22. The molecule has 0 spiro atoms. The highest BCUT2D eigenvalue weighted by Gasteiger charge is 2.47. The highest BCUT2D eigenvalue weighted by molar-refractivity contribution is 7.53. The van der Waals surface area contributed by atoms with Crippen molar-refractivity contribution in [2.45, 2.75) is 65.0 Å². The van der Waals surface area contributed by atoms with Crippen LogP contribution in [0.5, 0.6) is 0 Å². The maximum Gasteiger partial charge on any atom is 0.335 e. The summed E-state index contributed by atoms with van der Waals surface area (Å²) in [7, 11) is -4.27. The van der Waals surface area contributed by atoms with Crippen LogP contribution in [-0.4, -0.2) is 20.0 Å². The number of hydrogen-bond acceptors (Lipinski definition) is 2. The van der Waals surface area contributed by atoms with Crippen LogP contribution in [0.4, 0.5) is 0 Å². The van der Waals surface area contributed by atoms with Crippen molar-refractivity contribution in [1.82, 2.24) is 0 Å². The van der Waals surface area contributed by atoms with E-state index >= 15 is 0 Å². The lowest BCUT2D eigenvalue weighted by Crippen LogP contribution is -2.31. The zero-order valence-corrected chi connectivity index (χ0v) is 12.1. The van der Waals surface area contributed by atoms with Gasteiger partial charge in [0.25, 0.3) is 0 Å². The van der Waals surface area contributed by atoms with E-state index in [9.17, 15) is 19.5 Å². The van der Waals surface area contributed by atoms with Crippen LogP contribution in [0.1, 0.15) is 59.8 Å². The van der Waals surface area contributed by atoms with Crippen LogP contribution < -0.4 is 0 Å². The van der Waals surface area contributed by atoms with Gasteiger partial charge in [0, 0.05) is 0 Å². The zero-order valence-electron chi connectivity index (χ0n) is 11.2. The van der Waals surface area contributed by atoms with Gasteiger partial charge in [-0.2, -0.15) is 0 Å². The summed E-state index contributed by atoms with van der Waals surface area (Å²) in [4.78, 5) is 19.2. The first-order chi connectivity index (χ1) is 7.76. The number of hydrogen-bond donors (Lipinski definition) is 3. The fraction of sp³-hybridized carbons (Fsp3) is 0.833. The first-order valence-corrected chi connectivity index (χ1v) is 7.82. The second-order valence-corrected chi connectivity index (χ2v) is 6.39. The second kappa shape index (κ2) is 6.58. The number of aliphatic hydroxyl groups excluding tert-OH is 1. The Morgan fingerprint density at radius 3 is 1.88 bits per heavy atom. The van der Waals surface area contributed by atoms with Crippen molar-refractivity contribution in [2.24, 2.45) is 0 Å². The monoisotopic (exact) mass is 264 g/mol. The Hall–Kier alpha value is -0.310. The Kier molecular flexibility index (Phi) is 6.46. The molecule has 0 saturated carbocycles. The average molecular weight is 264 g/mol. The maximum absolute atomic E-state index is 11.8. The van der Waals surface area contributed by atoms with Gasteiger partial charge in [-0.05, 0) is 38.2 Å². The summed E-state index contributed by atoms with van der Waals surface area (Å²) in [6.07, 6.45) is 2.98. The first-order valence-electron chi connectivity index (χ1n) is 6.21. The summed E-state index contributed by atoms with van der Waals surface area (Å²) in [6.45, 7) is 7.05. The lowest BCUT2D eigenvalue weighted by Gasteiger charge is -2.35. The summed E-state index contributed by atoms with van der Waals surface area (Å²) in [5.41, 5.74) is 0.526. The van der Waals surface area contributed by atoms with Crippen LogP contribution in [0.2, 0.25) is 0 Å². The Labute approximate surface area is 104 Å². The molecular formula is C12H25O4P. The molecule has 102 valence electrons. The molecule has 0 amide bonds. The minimum atomic E-state index is -4.27. The van der Waals surface area contributed by atoms with Gasteiger partial charge in [-0.25, -0.2) is 0 Å². The Balaban J connectivity index is 5.57. The number of rotatable bonds is 7. The second-order valence-electron chi connectivity index (χ2n) is 4.45. The normalized spacial score (nSPS) is 14.7. The summed E-state index contributed by atoms with van der Waals surface area (Å²) in [6, 6.07) is 0. The largest absolute Gasteiger partial charge is 0.513 e. The number of unbranched alkanes of at least 4 members (excludes halogenated alkanes) is 1. The van der Waals surface area contributed by atoms with Gasteiger partial charge in [0.1, 0.15) is 0 Å². The molecule has 0 rings (SSSR count). The molecule has 0 heterocycles. The third-order valence-corrected chi connectivity index (χ3v) is 5.52. The molecule has 0 aromatic carbocycles. The highest BCUT2D eigenvalue weighted by Crippen LogP contribution is 2.59. The van der Waals surface area contributed by atoms with E-state index in [-0.39, 0.29) is 5.76 Å². The van der Waals surface area contributed by atoms with E-state index in [0.717, 1.165) is 12.8 Å². The van der Waals surface area contributed by atoms with Crippen LogP contribution in [0.3, 0.4) is 0 Å². The quantitative estimate of drug-likeness (QED) is 0.483. The minimum Gasteiger partial charge on any atom is -0.513 e. The summed E-state index contributed by atoms with van der Waals surface area (Å²) in [5.74, 6) is 0.0606. The minimum absolute atomic E-state index is 0.0606. The molecule has 0 radical (unpaired) electrons. The predicted molar refractivity (Wildman–Crippen MR) is 70.2 cm³/mol. The molecule has 0 saturated heterocycles. The number of allylic oxidation sites excluding steroid dienone is 2. The molecule has 0 unspecified atom stereocenters. The molecule has 4 nitrogen and oxygen atoms in total. The van der Waals surface area contributed by atoms with Gasteiger partial charge in [0.15, 0.2) is 0 Å². The van der Waals surface area contributed by atoms with E-state index in [1.807, 2.05) is 6.92 Å². The number of aliphatic hydroxyl groups is 1. The Morgan fingerprint density at radius 1 is 1.18 bits per heavy atom.